The lowest BCUT2D eigenvalue weighted by atomic mass is 10.1. The molecule has 1 heterocycles. The van der Waals surface area contributed by atoms with Gasteiger partial charge in [-0.1, -0.05) is 20.8 Å². The average molecular weight is 306 g/mol. The minimum atomic E-state index is -3.31. The van der Waals surface area contributed by atoms with E-state index in [0.717, 1.165) is 25.9 Å². The summed E-state index contributed by atoms with van der Waals surface area (Å²) in [5.41, 5.74) is 5.63. The zero-order chi connectivity index (χ0) is 15.2. The Labute approximate surface area is 123 Å². The number of rotatable bonds is 8. The van der Waals surface area contributed by atoms with E-state index >= 15 is 0 Å². The molecule has 1 fully saturated rings. The van der Waals surface area contributed by atoms with Gasteiger partial charge in [0.15, 0.2) is 0 Å². The molecule has 1 rings (SSSR count). The van der Waals surface area contributed by atoms with Gasteiger partial charge in [-0.2, -0.15) is 12.7 Å². The Bertz CT molecular complexity index is 365. The van der Waals surface area contributed by atoms with E-state index in [9.17, 15) is 8.42 Å². The molecule has 7 heteroatoms. The first kappa shape index (κ1) is 17.8. The molecule has 0 amide bonds. The standard InChI is InChI=1S/C13H30N4O2S/c1-4-13(5-6-14)16-7-9-17(10-8-16)20(18,19)15-11-12(2)3/h12-13,15H,4-11,14H2,1-3H3. The van der Waals surface area contributed by atoms with Gasteiger partial charge >= 0.3 is 0 Å². The van der Waals surface area contributed by atoms with Crippen molar-refractivity contribution in [2.75, 3.05) is 39.3 Å². The van der Waals surface area contributed by atoms with Gasteiger partial charge in [0.25, 0.3) is 10.2 Å². The molecule has 0 spiro atoms. The summed E-state index contributed by atoms with van der Waals surface area (Å²) in [6.45, 7) is 10.1. The molecular weight excluding hydrogens is 276 g/mol. The molecule has 1 aliphatic rings. The molecule has 0 saturated carbocycles. The Morgan fingerprint density at radius 1 is 1.20 bits per heavy atom. The van der Waals surface area contributed by atoms with E-state index < -0.39 is 10.2 Å². The van der Waals surface area contributed by atoms with Gasteiger partial charge in [0, 0.05) is 38.8 Å². The molecule has 1 unspecified atom stereocenters. The third kappa shape index (κ3) is 5.29. The molecule has 0 aliphatic carbocycles. The first-order valence-corrected chi connectivity index (χ1v) is 9.03. The summed E-state index contributed by atoms with van der Waals surface area (Å²) in [6.07, 6.45) is 2.05. The molecule has 1 aliphatic heterocycles. The van der Waals surface area contributed by atoms with Crippen LogP contribution < -0.4 is 10.5 Å². The Balaban J connectivity index is 2.48. The molecular formula is C13H30N4O2S. The number of hydrogen-bond donors (Lipinski definition) is 2. The Morgan fingerprint density at radius 2 is 1.80 bits per heavy atom. The number of hydrogen-bond acceptors (Lipinski definition) is 4. The topological polar surface area (TPSA) is 78.7 Å². The lowest BCUT2D eigenvalue weighted by Gasteiger charge is -2.38. The summed E-state index contributed by atoms with van der Waals surface area (Å²) in [5.74, 6) is 0.320. The van der Waals surface area contributed by atoms with Gasteiger partial charge in [0.05, 0.1) is 0 Å². The summed E-state index contributed by atoms with van der Waals surface area (Å²) >= 11 is 0. The minimum Gasteiger partial charge on any atom is -0.330 e. The van der Waals surface area contributed by atoms with Crippen LogP contribution in [0.15, 0.2) is 0 Å². The largest absolute Gasteiger partial charge is 0.330 e. The minimum absolute atomic E-state index is 0.320. The summed E-state index contributed by atoms with van der Waals surface area (Å²) < 4.78 is 28.5. The van der Waals surface area contributed by atoms with Gasteiger partial charge in [-0.3, -0.25) is 4.90 Å². The lowest BCUT2D eigenvalue weighted by molar-refractivity contribution is 0.128. The van der Waals surface area contributed by atoms with Crippen LogP contribution in [0.3, 0.4) is 0 Å². The second-order valence-corrected chi connectivity index (χ2v) is 7.58. The fraction of sp³-hybridized carbons (Fsp3) is 1.00. The van der Waals surface area contributed by atoms with Crippen LogP contribution in [0.2, 0.25) is 0 Å². The van der Waals surface area contributed by atoms with Gasteiger partial charge in [-0.25, -0.2) is 4.72 Å². The Hall–Kier alpha value is -0.210. The number of nitrogens with zero attached hydrogens (tertiary/aromatic N) is 2. The van der Waals surface area contributed by atoms with Crippen molar-refractivity contribution in [3.05, 3.63) is 0 Å². The lowest BCUT2D eigenvalue weighted by Crippen LogP contribution is -2.54. The molecule has 1 atom stereocenters. The van der Waals surface area contributed by atoms with Crippen molar-refractivity contribution >= 4 is 10.2 Å². The van der Waals surface area contributed by atoms with E-state index in [0.29, 0.717) is 38.1 Å². The van der Waals surface area contributed by atoms with Crippen molar-refractivity contribution in [2.45, 2.75) is 39.7 Å². The van der Waals surface area contributed by atoms with Crippen LogP contribution in [0.1, 0.15) is 33.6 Å². The fourth-order valence-electron chi connectivity index (χ4n) is 2.51. The van der Waals surface area contributed by atoms with Crippen LogP contribution in [-0.2, 0) is 10.2 Å². The Kier molecular flexibility index (Phi) is 7.39. The van der Waals surface area contributed by atoms with Gasteiger partial charge in [0.1, 0.15) is 0 Å². The predicted molar refractivity (Wildman–Crippen MR) is 82.7 cm³/mol. The van der Waals surface area contributed by atoms with Crippen molar-refractivity contribution in [3.63, 3.8) is 0 Å². The number of nitrogens with two attached hydrogens (primary N) is 1. The van der Waals surface area contributed by atoms with Crippen LogP contribution in [0.4, 0.5) is 0 Å². The van der Waals surface area contributed by atoms with Crippen molar-refractivity contribution in [2.24, 2.45) is 11.7 Å². The highest BCUT2D eigenvalue weighted by molar-refractivity contribution is 7.87. The van der Waals surface area contributed by atoms with Gasteiger partial charge < -0.3 is 5.73 Å². The molecule has 20 heavy (non-hydrogen) atoms. The van der Waals surface area contributed by atoms with E-state index in [1.807, 2.05) is 13.8 Å². The Morgan fingerprint density at radius 3 is 2.25 bits per heavy atom. The van der Waals surface area contributed by atoms with Crippen LogP contribution in [0, 0.1) is 5.92 Å². The second kappa shape index (κ2) is 8.29. The van der Waals surface area contributed by atoms with Crippen LogP contribution >= 0.6 is 0 Å². The van der Waals surface area contributed by atoms with E-state index in [1.165, 1.54) is 0 Å². The zero-order valence-corrected chi connectivity index (χ0v) is 13.8. The van der Waals surface area contributed by atoms with Crippen molar-refractivity contribution in [1.82, 2.24) is 13.9 Å². The summed E-state index contributed by atoms with van der Waals surface area (Å²) in [6, 6.07) is 0.480. The second-order valence-electron chi connectivity index (χ2n) is 5.82. The molecule has 6 nitrogen and oxygen atoms in total. The maximum absolute atomic E-state index is 12.1. The first-order valence-electron chi connectivity index (χ1n) is 7.59. The highest BCUT2D eigenvalue weighted by Crippen LogP contribution is 2.13. The van der Waals surface area contributed by atoms with Crippen molar-refractivity contribution < 1.29 is 8.42 Å². The van der Waals surface area contributed by atoms with Crippen LogP contribution in [0.25, 0.3) is 0 Å². The fourth-order valence-corrected chi connectivity index (χ4v) is 3.88. The molecule has 120 valence electrons. The van der Waals surface area contributed by atoms with E-state index in [4.69, 9.17) is 5.73 Å². The molecule has 3 N–H and O–H groups in total. The summed E-state index contributed by atoms with van der Waals surface area (Å²) in [5, 5.41) is 0. The van der Waals surface area contributed by atoms with E-state index in [-0.39, 0.29) is 0 Å². The third-order valence-corrected chi connectivity index (χ3v) is 5.35. The maximum Gasteiger partial charge on any atom is 0.279 e. The molecule has 0 radical (unpaired) electrons. The summed E-state index contributed by atoms with van der Waals surface area (Å²) in [7, 11) is -3.31. The van der Waals surface area contributed by atoms with Crippen LogP contribution in [-0.4, -0.2) is 62.9 Å². The quantitative estimate of drug-likeness (QED) is 0.672. The molecule has 0 bridgehead atoms. The molecule has 0 aromatic heterocycles. The summed E-state index contributed by atoms with van der Waals surface area (Å²) in [4.78, 5) is 2.36. The third-order valence-electron chi connectivity index (χ3n) is 3.77. The van der Waals surface area contributed by atoms with E-state index in [1.54, 1.807) is 4.31 Å². The van der Waals surface area contributed by atoms with Crippen molar-refractivity contribution in [1.29, 1.82) is 0 Å². The maximum atomic E-state index is 12.1. The van der Waals surface area contributed by atoms with Crippen LogP contribution in [0.5, 0.6) is 0 Å². The van der Waals surface area contributed by atoms with Gasteiger partial charge in [0.2, 0.25) is 0 Å². The van der Waals surface area contributed by atoms with Gasteiger partial charge in [-0.05, 0) is 25.3 Å². The van der Waals surface area contributed by atoms with E-state index in [2.05, 4.69) is 16.5 Å². The normalized spacial score (nSPS) is 20.4. The SMILES string of the molecule is CCC(CCN)N1CCN(S(=O)(=O)NCC(C)C)CC1. The van der Waals surface area contributed by atoms with Crippen molar-refractivity contribution in [3.8, 4) is 0 Å². The highest BCUT2D eigenvalue weighted by atomic mass is 32.2. The number of nitrogens with one attached hydrogen (secondary N) is 1. The van der Waals surface area contributed by atoms with Gasteiger partial charge in [-0.15, -0.1) is 0 Å². The smallest absolute Gasteiger partial charge is 0.279 e. The predicted octanol–water partition coefficient (Wildman–Crippen LogP) is 0.222. The number of piperazine rings is 1. The zero-order valence-electron chi connectivity index (χ0n) is 13.0. The average Bonchev–Trinajstić information content (AvgIpc) is 2.43. The monoisotopic (exact) mass is 306 g/mol. The first-order chi connectivity index (χ1) is 9.40. The highest BCUT2D eigenvalue weighted by Gasteiger charge is 2.28. The molecule has 0 aromatic carbocycles. The molecule has 1 saturated heterocycles. The molecule has 0 aromatic rings.